The Labute approximate surface area is 123 Å². The van der Waals surface area contributed by atoms with Crippen molar-refractivity contribution in [2.45, 2.75) is 12.5 Å². The van der Waals surface area contributed by atoms with Crippen molar-refractivity contribution in [2.24, 2.45) is 0 Å². The normalized spacial score (nSPS) is 11.8. The molecule has 0 saturated carbocycles. The number of nitrogens with one attached hydrogen (secondary N) is 2. The zero-order valence-corrected chi connectivity index (χ0v) is 11.9. The Morgan fingerprint density at radius 1 is 1.20 bits per heavy atom. The van der Waals surface area contributed by atoms with E-state index in [0.29, 0.717) is 18.1 Å². The number of thiocarbonyl (C=S) groups is 1. The average Bonchev–Trinajstić information content (AvgIpc) is 2.98. The van der Waals surface area contributed by atoms with Crippen molar-refractivity contribution < 1.29 is 9.52 Å². The van der Waals surface area contributed by atoms with Crippen LogP contribution in [0, 0.1) is 0 Å². The molecule has 4 nitrogen and oxygen atoms in total. The summed E-state index contributed by atoms with van der Waals surface area (Å²) in [6.07, 6.45) is 2.37. The summed E-state index contributed by atoms with van der Waals surface area (Å²) in [5, 5.41) is 15.5. The highest BCUT2D eigenvalue weighted by Gasteiger charge is 2.14. The van der Waals surface area contributed by atoms with Gasteiger partial charge in [-0.15, -0.1) is 0 Å². The van der Waals surface area contributed by atoms with Gasteiger partial charge in [0.15, 0.2) is 5.11 Å². The van der Waals surface area contributed by atoms with E-state index in [1.165, 1.54) is 0 Å². The summed E-state index contributed by atoms with van der Waals surface area (Å²) >= 11 is 5.23. The first-order valence-electron chi connectivity index (χ1n) is 6.52. The molecule has 0 fully saturated rings. The number of hydrogen-bond acceptors (Lipinski definition) is 3. The maximum absolute atomic E-state index is 8.81. The molecule has 1 unspecified atom stereocenters. The molecule has 20 heavy (non-hydrogen) atoms. The zero-order chi connectivity index (χ0) is 14.2. The molecule has 0 aliphatic rings. The van der Waals surface area contributed by atoms with Gasteiger partial charge in [-0.2, -0.15) is 0 Å². The van der Waals surface area contributed by atoms with Crippen LogP contribution in [-0.4, -0.2) is 23.4 Å². The lowest BCUT2D eigenvalue weighted by atomic mass is 10.0. The van der Waals surface area contributed by atoms with Crippen LogP contribution >= 0.6 is 12.2 Å². The summed E-state index contributed by atoms with van der Waals surface area (Å²) < 4.78 is 5.40. The summed E-state index contributed by atoms with van der Waals surface area (Å²) in [5.41, 5.74) is 1.14. The molecule has 2 aromatic rings. The van der Waals surface area contributed by atoms with Gasteiger partial charge in [-0.3, -0.25) is 0 Å². The van der Waals surface area contributed by atoms with E-state index >= 15 is 0 Å². The van der Waals surface area contributed by atoms with Crippen LogP contribution in [0.5, 0.6) is 0 Å². The van der Waals surface area contributed by atoms with E-state index < -0.39 is 0 Å². The van der Waals surface area contributed by atoms with Crippen molar-refractivity contribution >= 4 is 17.3 Å². The van der Waals surface area contributed by atoms with Gasteiger partial charge in [0.2, 0.25) is 0 Å². The van der Waals surface area contributed by atoms with Crippen LogP contribution in [0.3, 0.4) is 0 Å². The number of furan rings is 1. The summed E-state index contributed by atoms with van der Waals surface area (Å²) in [6, 6.07) is 13.9. The predicted octanol–water partition coefficient (Wildman–Crippen LogP) is 2.02. The van der Waals surface area contributed by atoms with E-state index in [9.17, 15) is 0 Å². The Morgan fingerprint density at radius 3 is 2.65 bits per heavy atom. The third-order valence-corrected chi connectivity index (χ3v) is 3.15. The molecule has 2 rings (SSSR count). The minimum atomic E-state index is 0.0287. The Kier molecular flexibility index (Phi) is 5.58. The molecule has 0 amide bonds. The fraction of sp³-hybridized carbons (Fsp3) is 0.267. The van der Waals surface area contributed by atoms with E-state index in [-0.39, 0.29) is 12.6 Å². The Morgan fingerprint density at radius 2 is 2.00 bits per heavy atom. The lowest BCUT2D eigenvalue weighted by Gasteiger charge is -2.20. The second kappa shape index (κ2) is 7.67. The van der Waals surface area contributed by atoms with Crippen LogP contribution in [0.1, 0.15) is 17.4 Å². The number of aliphatic hydroxyl groups excluding tert-OH is 1. The molecule has 0 aliphatic heterocycles. The first-order valence-corrected chi connectivity index (χ1v) is 6.93. The molecule has 0 radical (unpaired) electrons. The average molecular weight is 290 g/mol. The largest absolute Gasteiger partial charge is 0.469 e. The number of hydrogen-bond donors (Lipinski definition) is 3. The van der Waals surface area contributed by atoms with E-state index in [0.717, 1.165) is 11.3 Å². The van der Waals surface area contributed by atoms with Crippen LogP contribution in [0.2, 0.25) is 0 Å². The van der Waals surface area contributed by atoms with Crippen LogP contribution in [0.4, 0.5) is 0 Å². The summed E-state index contributed by atoms with van der Waals surface area (Å²) in [4.78, 5) is 0. The van der Waals surface area contributed by atoms with E-state index in [1.807, 2.05) is 30.3 Å². The summed E-state index contributed by atoms with van der Waals surface area (Å²) in [7, 11) is 0. The fourth-order valence-corrected chi connectivity index (χ4v) is 2.19. The lowest BCUT2D eigenvalue weighted by Crippen LogP contribution is -2.39. The zero-order valence-electron chi connectivity index (χ0n) is 11.1. The third kappa shape index (κ3) is 4.36. The van der Waals surface area contributed by atoms with Gasteiger partial charge in [0, 0.05) is 13.0 Å². The third-order valence-electron chi connectivity index (χ3n) is 2.89. The molecule has 1 aromatic carbocycles. The van der Waals surface area contributed by atoms with Gasteiger partial charge in [0.05, 0.1) is 18.9 Å². The van der Waals surface area contributed by atoms with Gasteiger partial charge in [0.25, 0.3) is 0 Å². The molecule has 0 spiro atoms. The van der Waals surface area contributed by atoms with Crippen molar-refractivity contribution in [1.29, 1.82) is 0 Å². The molecule has 5 heteroatoms. The van der Waals surface area contributed by atoms with Crippen LogP contribution in [0.15, 0.2) is 53.1 Å². The van der Waals surface area contributed by atoms with E-state index in [1.54, 1.807) is 6.26 Å². The molecular formula is C15H18N2O2S. The quantitative estimate of drug-likeness (QED) is 0.711. The Bertz CT molecular complexity index is 514. The molecular weight excluding hydrogens is 272 g/mol. The molecule has 1 aromatic heterocycles. The Hall–Kier alpha value is -1.85. The van der Waals surface area contributed by atoms with E-state index in [4.69, 9.17) is 21.7 Å². The second-order valence-electron chi connectivity index (χ2n) is 4.37. The topological polar surface area (TPSA) is 57.4 Å². The minimum Gasteiger partial charge on any atom is -0.469 e. The van der Waals surface area contributed by atoms with E-state index in [2.05, 4.69) is 22.8 Å². The van der Waals surface area contributed by atoms with Gasteiger partial charge in [-0.1, -0.05) is 30.3 Å². The smallest absolute Gasteiger partial charge is 0.166 e. The van der Waals surface area contributed by atoms with Crippen molar-refractivity contribution in [3.05, 3.63) is 60.1 Å². The highest BCUT2D eigenvalue weighted by atomic mass is 32.1. The van der Waals surface area contributed by atoms with Gasteiger partial charge in [-0.25, -0.2) is 0 Å². The van der Waals surface area contributed by atoms with Gasteiger partial charge < -0.3 is 20.2 Å². The van der Waals surface area contributed by atoms with Gasteiger partial charge in [-0.05, 0) is 29.9 Å². The molecule has 0 aliphatic carbocycles. The highest BCUT2D eigenvalue weighted by molar-refractivity contribution is 7.80. The number of benzene rings is 1. The maximum Gasteiger partial charge on any atom is 0.166 e. The van der Waals surface area contributed by atoms with Crippen LogP contribution < -0.4 is 10.6 Å². The standard InChI is InChI=1S/C15H18N2O2S/c18-9-8-16-15(20)17-14(11-13-7-4-10-19-13)12-5-2-1-3-6-12/h1-7,10,14,18H,8-9,11H2,(H2,16,17,20). The molecule has 1 atom stereocenters. The van der Waals surface area contributed by atoms with Crippen molar-refractivity contribution in [3.8, 4) is 0 Å². The second-order valence-corrected chi connectivity index (χ2v) is 4.78. The van der Waals surface area contributed by atoms with Crippen molar-refractivity contribution in [3.63, 3.8) is 0 Å². The fourth-order valence-electron chi connectivity index (χ4n) is 1.95. The van der Waals surface area contributed by atoms with Crippen LogP contribution in [0.25, 0.3) is 0 Å². The first kappa shape index (κ1) is 14.6. The lowest BCUT2D eigenvalue weighted by molar-refractivity contribution is 0.300. The molecule has 106 valence electrons. The Balaban J connectivity index is 2.06. The van der Waals surface area contributed by atoms with Gasteiger partial charge >= 0.3 is 0 Å². The first-order chi connectivity index (χ1) is 9.79. The number of rotatable bonds is 6. The predicted molar refractivity (Wildman–Crippen MR) is 82.4 cm³/mol. The molecule has 0 saturated heterocycles. The monoisotopic (exact) mass is 290 g/mol. The number of aliphatic hydroxyl groups is 1. The van der Waals surface area contributed by atoms with Crippen molar-refractivity contribution in [1.82, 2.24) is 10.6 Å². The maximum atomic E-state index is 8.81. The summed E-state index contributed by atoms with van der Waals surface area (Å²) in [5.74, 6) is 0.899. The molecule has 3 N–H and O–H groups in total. The van der Waals surface area contributed by atoms with Crippen molar-refractivity contribution in [2.75, 3.05) is 13.2 Å². The van der Waals surface area contributed by atoms with Gasteiger partial charge in [0.1, 0.15) is 5.76 Å². The highest BCUT2D eigenvalue weighted by Crippen LogP contribution is 2.18. The SMILES string of the molecule is OCCNC(=S)NC(Cc1ccco1)c1ccccc1. The molecule has 0 bridgehead atoms. The van der Waals surface area contributed by atoms with Crippen LogP contribution in [-0.2, 0) is 6.42 Å². The summed E-state index contributed by atoms with van der Waals surface area (Å²) in [6.45, 7) is 0.490. The minimum absolute atomic E-state index is 0.0287. The molecule has 1 heterocycles.